The Labute approximate surface area is 151 Å². The van der Waals surface area contributed by atoms with Crippen LogP contribution in [-0.2, 0) is 4.79 Å². The Balaban J connectivity index is 1.83. The topological polar surface area (TPSA) is 32.7 Å². The van der Waals surface area contributed by atoms with Crippen molar-refractivity contribution in [1.82, 2.24) is 0 Å². The number of rotatable bonds is 3. The molecule has 124 valence electrons. The van der Waals surface area contributed by atoms with Crippen LogP contribution in [-0.4, -0.2) is 11.6 Å². The van der Waals surface area contributed by atoms with Crippen LogP contribution < -0.4 is 4.90 Å². The van der Waals surface area contributed by atoms with E-state index in [0.717, 1.165) is 22.6 Å². The molecular weight excluding hydrogens is 328 g/mol. The number of fused-ring (bicyclic) bond motifs is 1. The van der Waals surface area contributed by atoms with E-state index in [1.54, 1.807) is 16.2 Å². The highest BCUT2D eigenvalue weighted by atomic mass is 32.1. The van der Waals surface area contributed by atoms with Crippen LogP contribution in [0.15, 0.2) is 70.3 Å². The molecule has 1 amide bonds. The van der Waals surface area contributed by atoms with Gasteiger partial charge in [0.15, 0.2) is 0 Å². The molecule has 2 heterocycles. The van der Waals surface area contributed by atoms with Gasteiger partial charge in [-0.3, -0.25) is 9.69 Å². The van der Waals surface area contributed by atoms with Gasteiger partial charge in [0.25, 0.3) is 5.91 Å². The highest BCUT2D eigenvalue weighted by Gasteiger charge is 2.34. The van der Waals surface area contributed by atoms with E-state index in [1.165, 1.54) is 5.56 Å². The molecule has 1 aromatic heterocycles. The maximum atomic E-state index is 13.1. The molecule has 0 fully saturated rings. The smallest absolute Gasteiger partial charge is 0.274 e. The molecule has 0 unspecified atom stereocenters. The van der Waals surface area contributed by atoms with Gasteiger partial charge in [-0.2, -0.15) is 11.3 Å². The van der Waals surface area contributed by atoms with Gasteiger partial charge in [0.05, 0.1) is 17.1 Å². The zero-order valence-corrected chi connectivity index (χ0v) is 15.0. The maximum absolute atomic E-state index is 13.1. The summed E-state index contributed by atoms with van der Waals surface area (Å²) in [6.07, 6.45) is 0. The van der Waals surface area contributed by atoms with Crippen LogP contribution in [0.3, 0.4) is 0 Å². The first-order chi connectivity index (χ1) is 12.1. The third kappa shape index (κ3) is 2.79. The predicted octanol–water partition coefficient (Wildman–Crippen LogP) is 5.67. The van der Waals surface area contributed by atoms with Gasteiger partial charge in [0.2, 0.25) is 0 Å². The number of carbonyl (C=O) groups excluding carboxylic acids is 1. The number of nitrogens with zero attached hydrogens (tertiary/aromatic N) is 2. The number of benzene rings is 2. The fourth-order valence-electron chi connectivity index (χ4n) is 3.03. The minimum atomic E-state index is -0.0745. The Hall–Kier alpha value is -2.72. The highest BCUT2D eigenvalue weighted by molar-refractivity contribution is 7.08. The molecule has 0 saturated carbocycles. The molecule has 2 aromatic carbocycles. The number of aliphatic imine (C=N–C) groups is 1. The predicted molar refractivity (Wildman–Crippen MR) is 105 cm³/mol. The van der Waals surface area contributed by atoms with Crippen molar-refractivity contribution < 1.29 is 4.79 Å². The van der Waals surface area contributed by atoms with Gasteiger partial charge in [-0.05, 0) is 41.1 Å². The van der Waals surface area contributed by atoms with E-state index >= 15 is 0 Å². The number of amides is 1. The van der Waals surface area contributed by atoms with Gasteiger partial charge < -0.3 is 0 Å². The first-order valence-electron chi connectivity index (χ1n) is 8.30. The summed E-state index contributed by atoms with van der Waals surface area (Å²) in [5.41, 5.74) is 5.20. The lowest BCUT2D eigenvalue weighted by Crippen LogP contribution is -2.24. The molecule has 1 aliphatic rings. The van der Waals surface area contributed by atoms with Crippen molar-refractivity contribution in [2.75, 3.05) is 4.90 Å². The number of para-hydroxylation sites is 1. The fourth-order valence-corrected chi connectivity index (χ4v) is 3.65. The van der Waals surface area contributed by atoms with E-state index in [1.807, 2.05) is 53.2 Å². The quantitative estimate of drug-likeness (QED) is 0.601. The Morgan fingerprint density at radius 2 is 1.88 bits per heavy atom. The van der Waals surface area contributed by atoms with Crippen molar-refractivity contribution in [1.29, 1.82) is 0 Å². The second-order valence-electron chi connectivity index (χ2n) is 6.35. The first-order valence-corrected chi connectivity index (χ1v) is 9.24. The van der Waals surface area contributed by atoms with Crippen molar-refractivity contribution in [2.24, 2.45) is 4.99 Å². The van der Waals surface area contributed by atoms with Gasteiger partial charge in [-0.15, -0.1) is 0 Å². The summed E-state index contributed by atoms with van der Waals surface area (Å²) in [6, 6.07) is 17.9. The van der Waals surface area contributed by atoms with Gasteiger partial charge in [0.1, 0.15) is 5.71 Å². The molecule has 0 saturated heterocycles. The lowest BCUT2D eigenvalue weighted by Gasteiger charge is -2.14. The highest BCUT2D eigenvalue weighted by Crippen LogP contribution is 2.37. The Morgan fingerprint density at radius 1 is 1.04 bits per heavy atom. The molecule has 0 aliphatic carbocycles. The summed E-state index contributed by atoms with van der Waals surface area (Å²) < 4.78 is 0. The van der Waals surface area contributed by atoms with E-state index in [4.69, 9.17) is 4.99 Å². The molecule has 0 atom stereocenters. The number of anilines is 2. The van der Waals surface area contributed by atoms with Crippen molar-refractivity contribution in [3.8, 4) is 0 Å². The molecule has 3 nitrogen and oxygen atoms in total. The standard InChI is InChI=1S/C21H18N2OS/c1-14(2)15-6-5-7-16(12-15)22-20-18-8-3-4-9-19(18)23(21(20)24)17-10-11-25-13-17/h3-14H,1-2H3. The number of hydrogen-bond acceptors (Lipinski definition) is 3. The Kier molecular flexibility index (Phi) is 3.98. The van der Waals surface area contributed by atoms with Crippen molar-refractivity contribution >= 4 is 40.0 Å². The number of carbonyl (C=O) groups is 1. The van der Waals surface area contributed by atoms with E-state index in [2.05, 4.69) is 26.0 Å². The molecule has 0 radical (unpaired) electrons. The van der Waals surface area contributed by atoms with Gasteiger partial charge >= 0.3 is 0 Å². The monoisotopic (exact) mass is 346 g/mol. The average Bonchev–Trinajstić information content (AvgIpc) is 3.22. The van der Waals surface area contributed by atoms with Crippen LogP contribution in [0.5, 0.6) is 0 Å². The summed E-state index contributed by atoms with van der Waals surface area (Å²) >= 11 is 1.58. The van der Waals surface area contributed by atoms with Crippen LogP contribution in [0.4, 0.5) is 17.1 Å². The van der Waals surface area contributed by atoms with E-state index < -0.39 is 0 Å². The van der Waals surface area contributed by atoms with E-state index in [9.17, 15) is 4.79 Å². The first kappa shape index (κ1) is 15.8. The minimum Gasteiger partial charge on any atom is -0.274 e. The number of hydrogen-bond donors (Lipinski definition) is 0. The zero-order valence-electron chi connectivity index (χ0n) is 14.1. The second kappa shape index (κ2) is 6.30. The summed E-state index contributed by atoms with van der Waals surface area (Å²) in [5.74, 6) is 0.351. The van der Waals surface area contributed by atoms with Crippen LogP contribution in [0.25, 0.3) is 0 Å². The summed E-state index contributed by atoms with van der Waals surface area (Å²) in [4.78, 5) is 19.5. The second-order valence-corrected chi connectivity index (χ2v) is 7.13. The number of thiophene rings is 1. The lowest BCUT2D eigenvalue weighted by molar-refractivity contribution is -0.111. The van der Waals surface area contributed by atoms with Crippen molar-refractivity contribution in [3.63, 3.8) is 0 Å². The molecule has 4 heteroatoms. The molecule has 3 aromatic rings. The summed E-state index contributed by atoms with van der Waals surface area (Å²) in [5, 5.41) is 3.96. The molecule has 0 spiro atoms. The summed E-state index contributed by atoms with van der Waals surface area (Å²) in [6.45, 7) is 4.31. The maximum Gasteiger partial charge on any atom is 0.282 e. The molecule has 0 bridgehead atoms. The van der Waals surface area contributed by atoms with Gasteiger partial charge in [0, 0.05) is 10.9 Å². The van der Waals surface area contributed by atoms with Gasteiger partial charge in [-0.1, -0.05) is 44.2 Å². The third-order valence-corrected chi connectivity index (χ3v) is 5.02. The molecule has 4 rings (SSSR count). The van der Waals surface area contributed by atoms with Crippen molar-refractivity contribution in [2.45, 2.75) is 19.8 Å². The zero-order chi connectivity index (χ0) is 17.4. The van der Waals surface area contributed by atoms with Crippen LogP contribution in [0.1, 0.15) is 30.9 Å². The minimum absolute atomic E-state index is 0.0745. The molecule has 25 heavy (non-hydrogen) atoms. The van der Waals surface area contributed by atoms with E-state index in [0.29, 0.717) is 11.6 Å². The SMILES string of the molecule is CC(C)c1cccc(N=C2C(=O)N(c3ccsc3)c3ccccc32)c1. The lowest BCUT2D eigenvalue weighted by atomic mass is 10.0. The average molecular weight is 346 g/mol. The molecule has 0 N–H and O–H groups in total. The summed E-state index contributed by atoms with van der Waals surface area (Å²) in [7, 11) is 0. The molecule has 1 aliphatic heterocycles. The Morgan fingerprint density at radius 3 is 2.64 bits per heavy atom. The van der Waals surface area contributed by atoms with Crippen LogP contribution in [0.2, 0.25) is 0 Å². The van der Waals surface area contributed by atoms with Crippen molar-refractivity contribution in [3.05, 3.63) is 76.5 Å². The normalized spacial score (nSPS) is 15.2. The largest absolute Gasteiger partial charge is 0.282 e. The van der Waals surface area contributed by atoms with Crippen LogP contribution in [0, 0.1) is 0 Å². The third-order valence-electron chi connectivity index (χ3n) is 4.35. The Bertz CT molecular complexity index is 958. The fraction of sp³-hybridized carbons (Fsp3) is 0.143. The van der Waals surface area contributed by atoms with Gasteiger partial charge in [-0.25, -0.2) is 4.99 Å². The molecular formula is C21H18N2OS. The van der Waals surface area contributed by atoms with Crippen LogP contribution >= 0.6 is 11.3 Å². The van der Waals surface area contributed by atoms with E-state index in [-0.39, 0.29) is 5.91 Å².